The number of allylic oxidation sites excluding steroid dienone is 1. The van der Waals surface area contributed by atoms with Crippen molar-refractivity contribution in [3.63, 3.8) is 0 Å². The summed E-state index contributed by atoms with van der Waals surface area (Å²) in [4.78, 5) is 2.63. The van der Waals surface area contributed by atoms with Crippen LogP contribution in [-0.4, -0.2) is 24.0 Å². The summed E-state index contributed by atoms with van der Waals surface area (Å²) in [6, 6.07) is 0.929. The molecule has 0 bridgehead atoms. The second-order valence-corrected chi connectivity index (χ2v) is 5.22. The summed E-state index contributed by atoms with van der Waals surface area (Å²) >= 11 is 0. The van der Waals surface area contributed by atoms with Gasteiger partial charge >= 0.3 is 0 Å². The maximum atomic E-state index is 3.94. The first-order chi connectivity index (χ1) is 7.81. The van der Waals surface area contributed by atoms with Gasteiger partial charge in [0.2, 0.25) is 0 Å². The fraction of sp³-hybridized carbons (Fsp3) is 0.867. The van der Waals surface area contributed by atoms with E-state index in [0.29, 0.717) is 0 Å². The molecule has 1 heteroatoms. The molecule has 3 atom stereocenters. The van der Waals surface area contributed by atoms with Gasteiger partial charge in [0.1, 0.15) is 0 Å². The van der Waals surface area contributed by atoms with Gasteiger partial charge in [0.05, 0.1) is 0 Å². The van der Waals surface area contributed by atoms with Crippen LogP contribution in [0.15, 0.2) is 12.7 Å². The Kier molecular flexibility index (Phi) is 6.79. The van der Waals surface area contributed by atoms with Crippen LogP contribution in [0.2, 0.25) is 0 Å². The van der Waals surface area contributed by atoms with Crippen molar-refractivity contribution in [1.82, 2.24) is 4.90 Å². The first-order valence-electron chi connectivity index (χ1n) is 7.18. The third-order valence-electron chi connectivity index (χ3n) is 3.73. The molecule has 3 unspecified atom stereocenters. The van der Waals surface area contributed by atoms with Crippen LogP contribution in [0.25, 0.3) is 0 Å². The van der Waals surface area contributed by atoms with E-state index in [1.54, 1.807) is 0 Å². The molecule has 0 saturated carbocycles. The summed E-state index contributed by atoms with van der Waals surface area (Å²) in [5, 5.41) is 0. The predicted molar refractivity (Wildman–Crippen MR) is 72.7 cm³/mol. The first-order valence-corrected chi connectivity index (χ1v) is 7.18. The highest BCUT2D eigenvalue weighted by molar-refractivity contribution is 4.89. The number of hydrogen-bond acceptors (Lipinski definition) is 1. The molecule has 16 heavy (non-hydrogen) atoms. The van der Waals surface area contributed by atoms with E-state index in [4.69, 9.17) is 0 Å². The van der Waals surface area contributed by atoms with E-state index in [9.17, 15) is 0 Å². The Morgan fingerprint density at radius 3 is 2.69 bits per heavy atom. The van der Waals surface area contributed by atoms with Crippen molar-refractivity contribution in [2.75, 3.05) is 13.1 Å². The Balaban J connectivity index is 1.97. The van der Waals surface area contributed by atoms with Gasteiger partial charge < -0.3 is 0 Å². The molecular weight excluding hydrogens is 194 g/mol. The van der Waals surface area contributed by atoms with Crippen molar-refractivity contribution in [2.24, 2.45) is 5.92 Å². The lowest BCUT2D eigenvalue weighted by Gasteiger charge is -2.10. The molecule has 1 rings (SSSR count). The topological polar surface area (TPSA) is 3.01 Å². The van der Waals surface area contributed by atoms with Gasteiger partial charge in [0.15, 0.2) is 0 Å². The Hall–Kier alpha value is -0.300. The average Bonchev–Trinajstić information content (AvgIpc) is 3.04. The Morgan fingerprint density at radius 1 is 1.25 bits per heavy atom. The van der Waals surface area contributed by atoms with Crippen LogP contribution < -0.4 is 0 Å². The SMILES string of the molecule is C=CC(CCC)CCCC1CN1CCCC. The third-order valence-corrected chi connectivity index (χ3v) is 3.73. The van der Waals surface area contributed by atoms with Gasteiger partial charge in [-0.25, -0.2) is 0 Å². The van der Waals surface area contributed by atoms with E-state index in [-0.39, 0.29) is 0 Å². The van der Waals surface area contributed by atoms with Crippen molar-refractivity contribution >= 4 is 0 Å². The van der Waals surface area contributed by atoms with Gasteiger partial charge in [0.25, 0.3) is 0 Å². The summed E-state index contributed by atoms with van der Waals surface area (Å²) in [6.45, 7) is 11.2. The van der Waals surface area contributed by atoms with Crippen LogP contribution in [0.5, 0.6) is 0 Å². The molecule has 1 aliphatic heterocycles. The molecule has 0 aromatic rings. The largest absolute Gasteiger partial charge is 0.298 e. The minimum absolute atomic E-state index is 0.771. The molecule has 0 spiro atoms. The predicted octanol–water partition coefficient (Wildman–Crippen LogP) is 4.24. The fourth-order valence-corrected chi connectivity index (χ4v) is 2.50. The zero-order chi connectivity index (χ0) is 11.8. The number of hydrogen-bond donors (Lipinski definition) is 0. The third kappa shape index (κ3) is 5.16. The van der Waals surface area contributed by atoms with Crippen molar-refractivity contribution < 1.29 is 0 Å². The van der Waals surface area contributed by atoms with Gasteiger partial charge in [-0.05, 0) is 38.1 Å². The van der Waals surface area contributed by atoms with Crippen molar-refractivity contribution in [2.45, 2.75) is 64.8 Å². The summed E-state index contributed by atoms with van der Waals surface area (Å²) in [5.74, 6) is 0.771. The van der Waals surface area contributed by atoms with Gasteiger partial charge in [-0.3, -0.25) is 4.90 Å². The second-order valence-electron chi connectivity index (χ2n) is 5.22. The normalized spacial score (nSPS) is 25.4. The molecule has 0 amide bonds. The molecular formula is C15H29N. The highest BCUT2D eigenvalue weighted by atomic mass is 15.3. The molecule has 1 saturated heterocycles. The highest BCUT2D eigenvalue weighted by Crippen LogP contribution is 2.25. The molecule has 0 radical (unpaired) electrons. The van der Waals surface area contributed by atoms with Gasteiger partial charge in [-0.15, -0.1) is 6.58 Å². The van der Waals surface area contributed by atoms with E-state index >= 15 is 0 Å². The highest BCUT2D eigenvalue weighted by Gasteiger charge is 2.31. The molecule has 1 nitrogen and oxygen atoms in total. The monoisotopic (exact) mass is 223 g/mol. The molecule has 1 fully saturated rings. The molecule has 94 valence electrons. The zero-order valence-corrected chi connectivity index (χ0v) is 11.3. The maximum Gasteiger partial charge on any atom is 0.0223 e. The smallest absolute Gasteiger partial charge is 0.0223 e. The summed E-state index contributed by atoms with van der Waals surface area (Å²) in [5.41, 5.74) is 0. The Bertz CT molecular complexity index is 188. The zero-order valence-electron chi connectivity index (χ0n) is 11.3. The standard InChI is InChI=1S/C15H29N/c1-4-7-12-16-13-15(16)11-8-10-14(6-3)9-5-2/h6,14-15H,3-5,7-13H2,1-2H3. The minimum atomic E-state index is 0.771. The number of unbranched alkanes of at least 4 members (excludes halogenated alkanes) is 1. The molecule has 1 aliphatic rings. The minimum Gasteiger partial charge on any atom is -0.298 e. The van der Waals surface area contributed by atoms with Gasteiger partial charge in [0, 0.05) is 12.6 Å². The molecule has 0 aliphatic carbocycles. The molecule has 0 aromatic heterocycles. The summed E-state index contributed by atoms with van der Waals surface area (Å²) in [7, 11) is 0. The summed E-state index contributed by atoms with van der Waals surface area (Å²) in [6.07, 6.45) is 11.7. The van der Waals surface area contributed by atoms with Gasteiger partial charge in [-0.1, -0.05) is 39.2 Å². The maximum absolute atomic E-state index is 3.94. The van der Waals surface area contributed by atoms with E-state index in [2.05, 4.69) is 31.4 Å². The first kappa shape index (κ1) is 13.8. The molecule has 0 N–H and O–H groups in total. The molecule has 1 heterocycles. The van der Waals surface area contributed by atoms with E-state index in [1.807, 2.05) is 0 Å². The van der Waals surface area contributed by atoms with Crippen LogP contribution >= 0.6 is 0 Å². The average molecular weight is 223 g/mol. The second kappa shape index (κ2) is 7.89. The van der Waals surface area contributed by atoms with Crippen molar-refractivity contribution in [3.05, 3.63) is 12.7 Å². The van der Waals surface area contributed by atoms with Crippen LogP contribution in [0, 0.1) is 5.92 Å². The quantitative estimate of drug-likeness (QED) is 0.395. The Morgan fingerprint density at radius 2 is 2.06 bits per heavy atom. The Labute approximate surface area is 102 Å². The molecule has 0 aromatic carbocycles. The van der Waals surface area contributed by atoms with Crippen LogP contribution in [-0.2, 0) is 0 Å². The lowest BCUT2D eigenvalue weighted by atomic mass is 9.97. The van der Waals surface area contributed by atoms with E-state index < -0.39 is 0 Å². The van der Waals surface area contributed by atoms with Crippen LogP contribution in [0.4, 0.5) is 0 Å². The van der Waals surface area contributed by atoms with Crippen LogP contribution in [0.1, 0.15) is 58.8 Å². The lowest BCUT2D eigenvalue weighted by molar-refractivity contribution is 0.446. The van der Waals surface area contributed by atoms with E-state index in [1.165, 1.54) is 58.0 Å². The fourth-order valence-electron chi connectivity index (χ4n) is 2.50. The van der Waals surface area contributed by atoms with Crippen molar-refractivity contribution in [1.29, 1.82) is 0 Å². The van der Waals surface area contributed by atoms with Gasteiger partial charge in [-0.2, -0.15) is 0 Å². The van der Waals surface area contributed by atoms with Crippen LogP contribution in [0.3, 0.4) is 0 Å². The lowest BCUT2D eigenvalue weighted by Crippen LogP contribution is -2.04. The van der Waals surface area contributed by atoms with Crippen molar-refractivity contribution in [3.8, 4) is 0 Å². The number of nitrogens with zero attached hydrogens (tertiary/aromatic N) is 1. The van der Waals surface area contributed by atoms with E-state index in [0.717, 1.165) is 12.0 Å². The summed E-state index contributed by atoms with van der Waals surface area (Å²) < 4.78 is 0. The number of rotatable bonds is 10.